The van der Waals surface area contributed by atoms with Gasteiger partial charge in [0.15, 0.2) is 11.5 Å². The van der Waals surface area contributed by atoms with Gasteiger partial charge < -0.3 is 14.8 Å². The van der Waals surface area contributed by atoms with Gasteiger partial charge in [0.25, 0.3) is 0 Å². The number of nitrogens with zero attached hydrogens (tertiary/aromatic N) is 6. The highest BCUT2D eigenvalue weighted by molar-refractivity contribution is 5.81. The summed E-state index contributed by atoms with van der Waals surface area (Å²) in [7, 11) is 0. The predicted molar refractivity (Wildman–Crippen MR) is 122 cm³/mol. The van der Waals surface area contributed by atoms with Crippen molar-refractivity contribution in [1.82, 2.24) is 29.8 Å². The Kier molecular flexibility index (Phi) is 4.81. The van der Waals surface area contributed by atoms with Crippen LogP contribution in [0.15, 0.2) is 24.4 Å². The molecule has 3 aromatic rings. The van der Waals surface area contributed by atoms with Gasteiger partial charge in [-0.05, 0) is 63.6 Å². The molecule has 1 amide bonds. The number of H-pyrrole nitrogens is 1. The minimum absolute atomic E-state index is 0.0541. The Balaban J connectivity index is 1.23. The first-order valence-electron chi connectivity index (χ1n) is 11.9. The van der Waals surface area contributed by atoms with E-state index in [-0.39, 0.29) is 5.92 Å². The second-order valence-corrected chi connectivity index (χ2v) is 9.51. The molecule has 1 N–H and O–H groups in total. The van der Waals surface area contributed by atoms with Crippen LogP contribution in [-0.4, -0.2) is 61.4 Å². The summed E-state index contributed by atoms with van der Waals surface area (Å²) in [6.07, 6.45) is 8.37. The average Bonchev–Trinajstić information content (AvgIpc) is 3.46. The lowest BCUT2D eigenvalue weighted by Crippen LogP contribution is -2.46. The highest BCUT2D eigenvalue weighted by Crippen LogP contribution is 2.38. The van der Waals surface area contributed by atoms with Gasteiger partial charge >= 0.3 is 0 Å². The van der Waals surface area contributed by atoms with Crippen molar-refractivity contribution >= 4 is 22.9 Å². The summed E-state index contributed by atoms with van der Waals surface area (Å²) >= 11 is 0. The van der Waals surface area contributed by atoms with E-state index in [4.69, 9.17) is 15.0 Å². The van der Waals surface area contributed by atoms with Gasteiger partial charge in [0.2, 0.25) is 5.91 Å². The maximum Gasteiger partial charge on any atom is 0.227 e. The molecule has 2 atom stereocenters. The number of aromatic amines is 1. The van der Waals surface area contributed by atoms with Crippen LogP contribution in [0.3, 0.4) is 0 Å². The highest BCUT2D eigenvalue weighted by atomic mass is 16.2. The number of amides is 1. The normalized spacial score (nSPS) is 23.8. The summed E-state index contributed by atoms with van der Waals surface area (Å²) in [6, 6.07) is 6.33. The molecule has 1 aliphatic carbocycles. The molecule has 3 aromatic heterocycles. The molecule has 6 rings (SSSR count). The highest BCUT2D eigenvalue weighted by Gasteiger charge is 2.34. The molecule has 3 aliphatic rings. The number of carbonyl (C=O) groups is 1. The quantitative estimate of drug-likeness (QED) is 0.680. The Hall–Kier alpha value is -3.03. The summed E-state index contributed by atoms with van der Waals surface area (Å²) < 4.78 is 0. The Morgan fingerprint density at radius 2 is 1.91 bits per heavy atom. The minimum atomic E-state index is 0.0541. The predicted octanol–water partition coefficient (Wildman–Crippen LogP) is 3.52. The van der Waals surface area contributed by atoms with Gasteiger partial charge in [-0.15, -0.1) is 0 Å². The van der Waals surface area contributed by atoms with Crippen LogP contribution in [0.5, 0.6) is 0 Å². The maximum absolute atomic E-state index is 13.1. The van der Waals surface area contributed by atoms with E-state index in [1.807, 2.05) is 24.4 Å². The molecule has 5 heterocycles. The van der Waals surface area contributed by atoms with Crippen LogP contribution in [0.2, 0.25) is 0 Å². The monoisotopic (exact) mass is 431 g/mol. The van der Waals surface area contributed by atoms with E-state index in [2.05, 4.69) is 26.7 Å². The number of hydrogen-bond acceptors (Lipinski definition) is 6. The van der Waals surface area contributed by atoms with E-state index in [9.17, 15) is 4.79 Å². The molecule has 8 nitrogen and oxygen atoms in total. The molecule has 8 heteroatoms. The van der Waals surface area contributed by atoms with Crippen LogP contribution in [0.25, 0.3) is 22.7 Å². The molecule has 2 unspecified atom stereocenters. The number of fused-ring (bicyclic) bond motifs is 1. The fourth-order valence-electron chi connectivity index (χ4n) is 5.11. The third-order valence-electron chi connectivity index (χ3n) is 7.12. The molecule has 0 aromatic carbocycles. The number of anilines is 1. The topological polar surface area (TPSA) is 90.9 Å². The van der Waals surface area contributed by atoms with Crippen LogP contribution >= 0.6 is 0 Å². The minimum Gasteiger partial charge on any atom is -0.356 e. The number of carbonyl (C=O) groups excluding carboxylic acids is 1. The number of hydrogen-bond donors (Lipinski definition) is 1. The molecular formula is C24H29N7O. The van der Waals surface area contributed by atoms with Crippen molar-refractivity contribution in [2.75, 3.05) is 24.5 Å². The first kappa shape index (κ1) is 19.6. The maximum atomic E-state index is 13.1. The van der Waals surface area contributed by atoms with E-state index in [0.29, 0.717) is 23.5 Å². The van der Waals surface area contributed by atoms with Crippen LogP contribution in [-0.2, 0) is 4.79 Å². The summed E-state index contributed by atoms with van der Waals surface area (Å²) in [6.45, 7) is 4.73. The van der Waals surface area contributed by atoms with Gasteiger partial charge in [-0.25, -0.2) is 19.9 Å². The zero-order valence-corrected chi connectivity index (χ0v) is 18.5. The van der Waals surface area contributed by atoms with Crippen LogP contribution in [0, 0.1) is 5.92 Å². The number of nitrogens with one attached hydrogen (secondary N) is 1. The van der Waals surface area contributed by atoms with E-state index < -0.39 is 0 Å². The number of likely N-dealkylation sites (tertiary alicyclic amines) is 1. The van der Waals surface area contributed by atoms with Gasteiger partial charge in [0.1, 0.15) is 17.3 Å². The van der Waals surface area contributed by atoms with Crippen LogP contribution < -0.4 is 4.90 Å². The summed E-state index contributed by atoms with van der Waals surface area (Å²) in [4.78, 5) is 39.4. The largest absolute Gasteiger partial charge is 0.356 e. The first-order chi connectivity index (χ1) is 15.7. The van der Waals surface area contributed by atoms with Crippen LogP contribution in [0.4, 0.5) is 5.82 Å². The molecule has 2 aliphatic heterocycles. The molecular weight excluding hydrogens is 402 g/mol. The van der Waals surface area contributed by atoms with Crippen molar-refractivity contribution in [2.45, 2.75) is 57.4 Å². The average molecular weight is 432 g/mol. The molecule has 0 spiro atoms. The van der Waals surface area contributed by atoms with Gasteiger partial charge in [-0.2, -0.15) is 0 Å². The molecule has 0 bridgehead atoms. The Morgan fingerprint density at radius 1 is 1.03 bits per heavy atom. The SMILES string of the molecule is CC1CCCN1C(=O)C1CCCN(c2ccc3[nH]c(-c4ccnc(C5CC5)n4)nc3n2)C1. The van der Waals surface area contributed by atoms with Crippen molar-refractivity contribution in [1.29, 1.82) is 0 Å². The van der Waals surface area contributed by atoms with E-state index in [0.717, 1.165) is 74.0 Å². The lowest BCUT2D eigenvalue weighted by molar-refractivity contribution is -0.136. The van der Waals surface area contributed by atoms with E-state index >= 15 is 0 Å². The standard InChI is InChI=1S/C24H29N7O/c1-15-4-2-13-31(15)24(32)17-5-3-12-30(14-17)20-9-8-18-23(28-20)29-22(27-18)19-10-11-25-21(26-19)16-6-7-16/h8-11,15-17H,2-7,12-14H2,1H3,(H,27,28,29). The fraction of sp³-hybridized carbons (Fsp3) is 0.542. The lowest BCUT2D eigenvalue weighted by atomic mass is 9.96. The van der Waals surface area contributed by atoms with Gasteiger partial charge in [0.05, 0.1) is 11.4 Å². The zero-order valence-electron chi connectivity index (χ0n) is 18.5. The second kappa shape index (κ2) is 7.83. The summed E-state index contributed by atoms with van der Waals surface area (Å²) in [5, 5.41) is 0. The number of pyridine rings is 1. The smallest absolute Gasteiger partial charge is 0.227 e. The van der Waals surface area contributed by atoms with Crippen LogP contribution in [0.1, 0.15) is 57.2 Å². The Labute approximate surface area is 187 Å². The third kappa shape index (κ3) is 3.61. The zero-order chi connectivity index (χ0) is 21.7. The molecule has 0 radical (unpaired) electrons. The third-order valence-corrected chi connectivity index (χ3v) is 7.12. The fourth-order valence-corrected chi connectivity index (χ4v) is 5.11. The van der Waals surface area contributed by atoms with E-state index in [1.54, 1.807) is 0 Å². The van der Waals surface area contributed by atoms with Gasteiger partial charge in [0, 0.05) is 37.8 Å². The van der Waals surface area contributed by atoms with Crippen molar-refractivity contribution in [2.24, 2.45) is 5.92 Å². The first-order valence-corrected chi connectivity index (χ1v) is 11.9. The van der Waals surface area contributed by atoms with Crippen molar-refractivity contribution < 1.29 is 4.79 Å². The van der Waals surface area contributed by atoms with Crippen molar-refractivity contribution in [3.63, 3.8) is 0 Å². The number of piperidine rings is 1. The van der Waals surface area contributed by atoms with Gasteiger partial charge in [-0.3, -0.25) is 4.79 Å². The Bertz CT molecular complexity index is 1150. The lowest BCUT2D eigenvalue weighted by Gasteiger charge is -2.35. The van der Waals surface area contributed by atoms with Crippen molar-refractivity contribution in [3.05, 3.63) is 30.2 Å². The molecule has 2 saturated heterocycles. The molecule has 1 saturated carbocycles. The molecule has 3 fully saturated rings. The van der Waals surface area contributed by atoms with Crippen molar-refractivity contribution in [3.8, 4) is 11.5 Å². The number of rotatable bonds is 4. The molecule has 166 valence electrons. The number of imidazole rings is 1. The summed E-state index contributed by atoms with van der Waals surface area (Å²) in [5.74, 6) is 3.40. The molecule has 32 heavy (non-hydrogen) atoms. The van der Waals surface area contributed by atoms with Gasteiger partial charge in [-0.1, -0.05) is 0 Å². The summed E-state index contributed by atoms with van der Waals surface area (Å²) in [5.41, 5.74) is 2.39. The number of aromatic nitrogens is 5. The second-order valence-electron chi connectivity index (χ2n) is 9.51. The Morgan fingerprint density at radius 3 is 2.72 bits per heavy atom. The van der Waals surface area contributed by atoms with E-state index in [1.165, 1.54) is 12.8 Å².